The van der Waals surface area contributed by atoms with Gasteiger partial charge in [-0.15, -0.1) is 0 Å². The van der Waals surface area contributed by atoms with Crippen LogP contribution in [0.2, 0.25) is 0 Å². The number of benzene rings is 2. The van der Waals surface area contributed by atoms with Gasteiger partial charge in [0.1, 0.15) is 12.1 Å². The van der Waals surface area contributed by atoms with Crippen molar-refractivity contribution < 1.29 is 0 Å². The third kappa shape index (κ3) is 3.82. The van der Waals surface area contributed by atoms with Gasteiger partial charge in [0.25, 0.3) is 0 Å². The Bertz CT molecular complexity index is 1130. The van der Waals surface area contributed by atoms with Crippen molar-refractivity contribution in [3.05, 3.63) is 84.8 Å². The molecule has 0 radical (unpaired) electrons. The monoisotopic (exact) mass is 396 g/mol. The van der Waals surface area contributed by atoms with Gasteiger partial charge in [-0.25, -0.2) is 14.6 Å². The fourth-order valence-corrected chi connectivity index (χ4v) is 3.89. The molecule has 150 valence electrons. The molecule has 0 atom stereocenters. The van der Waals surface area contributed by atoms with Crippen molar-refractivity contribution in [1.29, 1.82) is 0 Å². The molecule has 3 heterocycles. The van der Waals surface area contributed by atoms with Crippen molar-refractivity contribution in [3.63, 3.8) is 0 Å². The zero-order valence-corrected chi connectivity index (χ0v) is 16.8. The van der Waals surface area contributed by atoms with Crippen LogP contribution < -0.4 is 4.90 Å². The lowest BCUT2D eigenvalue weighted by Gasteiger charge is -2.35. The molecule has 6 nitrogen and oxygen atoms in total. The van der Waals surface area contributed by atoms with E-state index < -0.39 is 0 Å². The van der Waals surface area contributed by atoms with Crippen LogP contribution in [0.4, 0.5) is 5.82 Å². The number of piperazine rings is 1. The van der Waals surface area contributed by atoms with Gasteiger partial charge in [0, 0.05) is 32.7 Å². The van der Waals surface area contributed by atoms with E-state index in [1.54, 1.807) is 6.33 Å². The molecule has 30 heavy (non-hydrogen) atoms. The Morgan fingerprint density at radius 1 is 0.833 bits per heavy atom. The first-order valence-electron chi connectivity index (χ1n) is 10.3. The number of fused-ring (bicyclic) bond motifs is 1. The number of hydrogen-bond acceptors (Lipinski definition) is 5. The summed E-state index contributed by atoms with van der Waals surface area (Å²) in [5.41, 5.74) is 3.10. The van der Waals surface area contributed by atoms with Crippen LogP contribution in [0, 0.1) is 0 Å². The molecule has 1 fully saturated rings. The maximum Gasteiger partial charge on any atom is 0.168 e. The van der Waals surface area contributed by atoms with E-state index >= 15 is 0 Å². The Balaban J connectivity index is 1.27. The van der Waals surface area contributed by atoms with E-state index in [9.17, 15) is 0 Å². The lowest BCUT2D eigenvalue weighted by Crippen LogP contribution is -2.46. The minimum Gasteiger partial charge on any atom is -0.353 e. The van der Waals surface area contributed by atoms with Gasteiger partial charge in [0.05, 0.1) is 17.3 Å². The molecule has 4 aromatic rings. The fraction of sp³-hybridized carbons (Fsp3) is 0.208. The van der Waals surface area contributed by atoms with Crippen LogP contribution in [0.3, 0.4) is 0 Å². The van der Waals surface area contributed by atoms with Crippen molar-refractivity contribution in [3.8, 4) is 5.69 Å². The Hall–Kier alpha value is -3.51. The number of para-hydroxylation sites is 1. The highest BCUT2D eigenvalue weighted by atomic mass is 15.3. The molecular formula is C24H24N6. The van der Waals surface area contributed by atoms with Crippen LogP contribution in [0.5, 0.6) is 0 Å². The van der Waals surface area contributed by atoms with Crippen LogP contribution in [0.15, 0.2) is 79.3 Å². The van der Waals surface area contributed by atoms with Gasteiger partial charge in [-0.05, 0) is 17.7 Å². The molecule has 2 aromatic heterocycles. The molecule has 1 aliphatic rings. The maximum absolute atomic E-state index is 4.59. The number of nitrogens with zero attached hydrogens (tertiary/aromatic N) is 6. The highest BCUT2D eigenvalue weighted by molar-refractivity contribution is 5.87. The molecule has 2 aromatic carbocycles. The fourth-order valence-electron chi connectivity index (χ4n) is 3.89. The van der Waals surface area contributed by atoms with Crippen molar-refractivity contribution in [2.45, 2.75) is 0 Å². The summed E-state index contributed by atoms with van der Waals surface area (Å²) in [5, 5.41) is 5.57. The minimum absolute atomic E-state index is 0.847. The molecule has 0 unspecified atom stereocenters. The Labute approximate surface area is 176 Å². The standard InChI is InChI=1S/C24H24N6/c1-3-8-20(9-4-1)10-7-13-28-14-16-29(17-15-28)23-22-18-27-30(24(22)26-19-25-23)21-11-5-2-6-12-21/h1-12,18-19H,13-17H2/b10-7+. The van der Waals surface area contributed by atoms with E-state index in [1.807, 2.05) is 47.3 Å². The normalized spacial score (nSPS) is 15.3. The van der Waals surface area contributed by atoms with Crippen LogP contribution in [-0.4, -0.2) is 57.4 Å². The molecule has 6 heteroatoms. The molecule has 0 saturated carbocycles. The second-order valence-electron chi connectivity index (χ2n) is 7.43. The van der Waals surface area contributed by atoms with Gasteiger partial charge in [-0.1, -0.05) is 60.7 Å². The van der Waals surface area contributed by atoms with Crippen molar-refractivity contribution >= 4 is 22.9 Å². The first-order chi connectivity index (χ1) is 14.9. The average molecular weight is 396 g/mol. The lowest BCUT2D eigenvalue weighted by molar-refractivity contribution is 0.284. The van der Waals surface area contributed by atoms with Gasteiger partial charge in [-0.3, -0.25) is 4.90 Å². The molecule has 0 aliphatic carbocycles. The lowest BCUT2D eigenvalue weighted by atomic mass is 10.2. The van der Waals surface area contributed by atoms with Gasteiger partial charge >= 0.3 is 0 Å². The molecule has 5 rings (SSSR count). The van der Waals surface area contributed by atoms with Gasteiger partial charge in [-0.2, -0.15) is 5.10 Å². The SMILES string of the molecule is C(=C\c1ccccc1)/CN1CCN(c2ncnc3c2cnn3-c2ccccc2)CC1. The molecule has 1 aliphatic heterocycles. The Kier molecular flexibility index (Phi) is 5.23. The van der Waals surface area contributed by atoms with E-state index in [0.717, 1.165) is 55.3 Å². The first-order valence-corrected chi connectivity index (χ1v) is 10.3. The summed E-state index contributed by atoms with van der Waals surface area (Å²) in [5.74, 6) is 0.974. The van der Waals surface area contributed by atoms with E-state index in [0.29, 0.717) is 0 Å². The van der Waals surface area contributed by atoms with Gasteiger partial charge < -0.3 is 4.90 Å². The summed E-state index contributed by atoms with van der Waals surface area (Å²) < 4.78 is 1.88. The number of anilines is 1. The first kappa shape index (κ1) is 18.5. The molecular weight excluding hydrogens is 372 g/mol. The predicted octanol–water partition coefficient (Wildman–Crippen LogP) is 3.65. The number of aromatic nitrogens is 4. The molecule has 0 N–H and O–H groups in total. The zero-order valence-electron chi connectivity index (χ0n) is 16.8. The maximum atomic E-state index is 4.59. The van der Waals surface area contributed by atoms with E-state index in [1.165, 1.54) is 5.56 Å². The summed E-state index contributed by atoms with van der Waals surface area (Å²) >= 11 is 0. The smallest absolute Gasteiger partial charge is 0.168 e. The highest BCUT2D eigenvalue weighted by Gasteiger charge is 2.21. The van der Waals surface area contributed by atoms with Crippen molar-refractivity contribution in [2.75, 3.05) is 37.6 Å². The second-order valence-corrected chi connectivity index (χ2v) is 7.43. The van der Waals surface area contributed by atoms with Gasteiger partial charge in [0.15, 0.2) is 5.65 Å². The van der Waals surface area contributed by atoms with Crippen LogP contribution in [-0.2, 0) is 0 Å². The van der Waals surface area contributed by atoms with E-state index in [4.69, 9.17) is 0 Å². The van der Waals surface area contributed by atoms with Crippen LogP contribution >= 0.6 is 0 Å². The quantitative estimate of drug-likeness (QED) is 0.515. The molecule has 0 amide bonds. The Morgan fingerprint density at radius 3 is 2.33 bits per heavy atom. The summed E-state index contributed by atoms with van der Waals surface area (Å²) in [4.78, 5) is 13.9. The largest absolute Gasteiger partial charge is 0.353 e. The van der Waals surface area contributed by atoms with Crippen LogP contribution in [0.25, 0.3) is 22.8 Å². The minimum atomic E-state index is 0.847. The summed E-state index contributed by atoms with van der Waals surface area (Å²) in [7, 11) is 0. The van der Waals surface area contributed by atoms with Crippen molar-refractivity contribution in [2.24, 2.45) is 0 Å². The summed E-state index contributed by atoms with van der Waals surface area (Å²) in [6, 6.07) is 20.5. The number of hydrogen-bond donors (Lipinski definition) is 0. The summed E-state index contributed by atoms with van der Waals surface area (Å²) in [6.45, 7) is 4.88. The topological polar surface area (TPSA) is 50.1 Å². The van der Waals surface area contributed by atoms with E-state index in [-0.39, 0.29) is 0 Å². The van der Waals surface area contributed by atoms with Crippen LogP contribution in [0.1, 0.15) is 5.56 Å². The molecule has 0 bridgehead atoms. The third-order valence-corrected chi connectivity index (χ3v) is 5.49. The average Bonchev–Trinajstić information content (AvgIpc) is 3.25. The highest BCUT2D eigenvalue weighted by Crippen LogP contribution is 2.25. The summed E-state index contributed by atoms with van der Waals surface area (Å²) in [6.07, 6.45) is 7.97. The third-order valence-electron chi connectivity index (χ3n) is 5.49. The van der Waals surface area contributed by atoms with E-state index in [2.05, 4.69) is 61.3 Å². The zero-order chi connectivity index (χ0) is 20.2. The second kappa shape index (κ2) is 8.47. The number of rotatable bonds is 5. The molecule has 1 saturated heterocycles. The van der Waals surface area contributed by atoms with Gasteiger partial charge in [0.2, 0.25) is 0 Å². The predicted molar refractivity (Wildman–Crippen MR) is 121 cm³/mol. The molecule has 0 spiro atoms. The van der Waals surface area contributed by atoms with Crippen molar-refractivity contribution in [1.82, 2.24) is 24.6 Å². The Morgan fingerprint density at radius 2 is 1.57 bits per heavy atom.